The summed E-state index contributed by atoms with van der Waals surface area (Å²) in [5.41, 5.74) is 1.64. The van der Waals surface area contributed by atoms with Crippen molar-refractivity contribution in [2.24, 2.45) is 0 Å². The second kappa shape index (κ2) is 8.52. The number of nitrogens with one attached hydrogen (secondary N) is 1. The number of amides is 2. The van der Waals surface area contributed by atoms with Gasteiger partial charge < -0.3 is 9.52 Å². The topological polar surface area (TPSA) is 99.8 Å². The number of benzene rings is 2. The minimum Gasteiger partial charge on any atom is -0.478 e. The van der Waals surface area contributed by atoms with Gasteiger partial charge in [0, 0.05) is 10.0 Å². The number of rotatable bonds is 4. The number of furan rings is 1. The zero-order chi connectivity index (χ0) is 23.0. The summed E-state index contributed by atoms with van der Waals surface area (Å²) in [7, 11) is 0. The highest BCUT2D eigenvalue weighted by molar-refractivity contribution is 9.10. The first-order valence-electron chi connectivity index (χ1n) is 9.36. The van der Waals surface area contributed by atoms with Crippen LogP contribution in [0.3, 0.4) is 0 Å². The Hall–Kier alpha value is -3.56. The van der Waals surface area contributed by atoms with Crippen molar-refractivity contribution in [3.8, 4) is 11.3 Å². The van der Waals surface area contributed by atoms with Crippen molar-refractivity contribution in [1.29, 1.82) is 0 Å². The Bertz CT molecular complexity index is 1330. The molecule has 0 radical (unpaired) electrons. The first-order valence-corrected chi connectivity index (χ1v) is 10.6. The molecule has 0 aliphatic carbocycles. The van der Waals surface area contributed by atoms with Crippen molar-refractivity contribution >= 4 is 62.8 Å². The quantitative estimate of drug-likeness (QED) is 0.303. The molecule has 7 nitrogen and oxygen atoms in total. The molecule has 2 N–H and O–H groups in total. The van der Waals surface area contributed by atoms with Crippen LogP contribution in [-0.2, 0) is 9.59 Å². The van der Waals surface area contributed by atoms with E-state index in [2.05, 4.69) is 21.2 Å². The fourth-order valence-electron chi connectivity index (χ4n) is 3.35. The third-order valence-corrected chi connectivity index (χ3v) is 5.62. The minimum absolute atomic E-state index is 0.0157. The molecule has 0 bridgehead atoms. The standard InChI is InChI=1S/C23H15BrN2O5S/c1-12-10-13(24)6-8-18(12)26-21(28)17(20(27)25-23(26)32)11-14-7-9-19(31-14)15-4-2-3-5-16(15)22(29)30/h2-11H,1H3,(H,29,30)(H,25,27,32). The van der Waals surface area contributed by atoms with Crippen LogP contribution in [0.15, 0.2) is 69.1 Å². The summed E-state index contributed by atoms with van der Waals surface area (Å²) >= 11 is 8.62. The lowest BCUT2D eigenvalue weighted by molar-refractivity contribution is -0.122. The minimum atomic E-state index is -1.09. The molecule has 3 aromatic rings. The fourth-order valence-corrected chi connectivity index (χ4v) is 4.10. The molecule has 0 saturated carbocycles. The molecule has 1 saturated heterocycles. The SMILES string of the molecule is Cc1cc(Br)ccc1N1C(=O)C(=Cc2ccc(-c3ccccc3C(=O)O)o2)C(=O)NC1=S. The zero-order valence-corrected chi connectivity index (χ0v) is 19.0. The molecule has 2 amide bonds. The lowest BCUT2D eigenvalue weighted by atomic mass is 10.1. The number of halogens is 1. The van der Waals surface area contributed by atoms with Gasteiger partial charge in [-0.15, -0.1) is 0 Å². The number of carboxylic acid groups (broad SMARTS) is 1. The predicted molar refractivity (Wildman–Crippen MR) is 126 cm³/mol. The fraction of sp³-hybridized carbons (Fsp3) is 0.0435. The highest BCUT2D eigenvalue weighted by Crippen LogP contribution is 2.30. The molecular formula is C23H15BrN2O5S. The number of carboxylic acids is 1. The third-order valence-electron chi connectivity index (χ3n) is 4.84. The van der Waals surface area contributed by atoms with E-state index in [0.717, 1.165) is 10.0 Å². The molecule has 1 aromatic heterocycles. The van der Waals surface area contributed by atoms with E-state index in [1.807, 2.05) is 13.0 Å². The van der Waals surface area contributed by atoms with Gasteiger partial charge in [0.05, 0.1) is 11.3 Å². The van der Waals surface area contributed by atoms with E-state index in [0.29, 0.717) is 17.0 Å². The van der Waals surface area contributed by atoms with Crippen LogP contribution in [0.5, 0.6) is 0 Å². The van der Waals surface area contributed by atoms with Crippen LogP contribution in [0.4, 0.5) is 5.69 Å². The number of anilines is 1. The van der Waals surface area contributed by atoms with Crippen molar-refractivity contribution < 1.29 is 23.9 Å². The molecule has 0 unspecified atom stereocenters. The Morgan fingerprint density at radius 3 is 2.62 bits per heavy atom. The van der Waals surface area contributed by atoms with Crippen LogP contribution in [0.2, 0.25) is 0 Å². The second-order valence-corrected chi connectivity index (χ2v) is 8.24. The first-order chi connectivity index (χ1) is 15.3. The van der Waals surface area contributed by atoms with E-state index < -0.39 is 17.8 Å². The van der Waals surface area contributed by atoms with Crippen LogP contribution in [0.1, 0.15) is 21.7 Å². The van der Waals surface area contributed by atoms with Crippen LogP contribution in [0.25, 0.3) is 17.4 Å². The molecule has 32 heavy (non-hydrogen) atoms. The highest BCUT2D eigenvalue weighted by atomic mass is 79.9. The van der Waals surface area contributed by atoms with E-state index in [9.17, 15) is 19.5 Å². The molecule has 9 heteroatoms. The summed E-state index contributed by atoms with van der Waals surface area (Å²) in [5, 5.41) is 11.9. The maximum atomic E-state index is 13.2. The molecule has 0 spiro atoms. The second-order valence-electron chi connectivity index (χ2n) is 6.94. The monoisotopic (exact) mass is 510 g/mol. The molecule has 4 rings (SSSR count). The average Bonchev–Trinajstić information content (AvgIpc) is 3.21. The van der Waals surface area contributed by atoms with Gasteiger partial charge in [-0.3, -0.25) is 19.8 Å². The number of carbonyl (C=O) groups excluding carboxylic acids is 2. The number of thiocarbonyl (C=S) groups is 1. The van der Waals surface area contributed by atoms with Gasteiger partial charge in [-0.1, -0.05) is 34.1 Å². The van der Waals surface area contributed by atoms with Crippen LogP contribution < -0.4 is 10.2 Å². The number of hydrogen-bond donors (Lipinski definition) is 2. The normalized spacial score (nSPS) is 15.2. The molecule has 0 atom stereocenters. The maximum absolute atomic E-state index is 13.2. The van der Waals surface area contributed by atoms with E-state index in [1.165, 1.54) is 17.0 Å². The van der Waals surface area contributed by atoms with Crippen LogP contribution in [-0.4, -0.2) is 28.0 Å². The van der Waals surface area contributed by atoms with Crippen LogP contribution in [0, 0.1) is 6.92 Å². The number of aromatic carboxylic acids is 1. The van der Waals surface area contributed by atoms with Gasteiger partial charge in [0.1, 0.15) is 17.1 Å². The average molecular weight is 511 g/mol. The number of hydrogen-bond acceptors (Lipinski definition) is 5. The summed E-state index contributed by atoms with van der Waals surface area (Å²) in [4.78, 5) is 38.4. The highest BCUT2D eigenvalue weighted by Gasteiger charge is 2.35. The van der Waals surface area contributed by atoms with E-state index in [4.69, 9.17) is 16.6 Å². The van der Waals surface area contributed by atoms with Crippen molar-refractivity contribution in [1.82, 2.24) is 5.32 Å². The Labute approximate surface area is 196 Å². The van der Waals surface area contributed by atoms with E-state index >= 15 is 0 Å². The van der Waals surface area contributed by atoms with Crippen molar-refractivity contribution in [2.45, 2.75) is 6.92 Å². The summed E-state index contributed by atoms with van der Waals surface area (Å²) in [6.45, 7) is 1.83. The summed E-state index contributed by atoms with van der Waals surface area (Å²) in [6, 6.07) is 14.9. The maximum Gasteiger partial charge on any atom is 0.336 e. The van der Waals surface area contributed by atoms with Crippen molar-refractivity contribution in [3.63, 3.8) is 0 Å². The Kier molecular flexibility index (Phi) is 5.77. The van der Waals surface area contributed by atoms with E-state index in [1.54, 1.807) is 42.5 Å². The molecule has 1 aliphatic rings. The Morgan fingerprint density at radius 2 is 1.91 bits per heavy atom. The summed E-state index contributed by atoms with van der Waals surface area (Å²) in [5.74, 6) is -1.80. The predicted octanol–water partition coefficient (Wildman–Crippen LogP) is 4.55. The van der Waals surface area contributed by atoms with Gasteiger partial charge in [-0.25, -0.2) is 4.79 Å². The van der Waals surface area contributed by atoms with E-state index in [-0.39, 0.29) is 22.0 Å². The lowest BCUT2D eigenvalue weighted by Gasteiger charge is -2.29. The van der Waals surface area contributed by atoms with Crippen molar-refractivity contribution in [2.75, 3.05) is 4.90 Å². The lowest BCUT2D eigenvalue weighted by Crippen LogP contribution is -2.54. The smallest absolute Gasteiger partial charge is 0.336 e. The third kappa shape index (κ3) is 4.00. The molecule has 160 valence electrons. The Balaban J connectivity index is 1.71. The number of nitrogens with zero attached hydrogens (tertiary/aromatic N) is 1. The van der Waals surface area contributed by atoms with Gasteiger partial charge in [0.15, 0.2) is 5.11 Å². The molecule has 2 heterocycles. The molecular weight excluding hydrogens is 496 g/mol. The van der Waals surface area contributed by atoms with Crippen molar-refractivity contribution in [3.05, 3.63) is 81.5 Å². The van der Waals surface area contributed by atoms with Gasteiger partial charge in [0.2, 0.25) is 0 Å². The number of carbonyl (C=O) groups is 3. The Morgan fingerprint density at radius 1 is 1.16 bits per heavy atom. The van der Waals surface area contributed by atoms with Gasteiger partial charge in [0.25, 0.3) is 11.8 Å². The van der Waals surface area contributed by atoms with Gasteiger partial charge in [-0.2, -0.15) is 0 Å². The molecule has 1 fully saturated rings. The first kappa shape index (κ1) is 21.7. The summed E-state index contributed by atoms with van der Waals surface area (Å²) in [6.07, 6.45) is 1.31. The van der Waals surface area contributed by atoms with Crippen LogP contribution >= 0.6 is 28.1 Å². The van der Waals surface area contributed by atoms with Gasteiger partial charge >= 0.3 is 5.97 Å². The molecule has 2 aromatic carbocycles. The zero-order valence-electron chi connectivity index (χ0n) is 16.6. The van der Waals surface area contributed by atoms with Gasteiger partial charge in [-0.05, 0) is 67.2 Å². The number of aryl methyl sites for hydroxylation is 1. The largest absolute Gasteiger partial charge is 0.478 e. The summed E-state index contributed by atoms with van der Waals surface area (Å²) < 4.78 is 6.58. The molecule has 1 aliphatic heterocycles.